The largest absolute Gasteiger partial charge is 0.337 e. The quantitative estimate of drug-likeness (QED) is 0.754. The molecule has 0 aromatic heterocycles. The fourth-order valence-corrected chi connectivity index (χ4v) is 3.68. The fraction of sp³-hybridized carbons (Fsp3) is 0.619. The van der Waals surface area contributed by atoms with Crippen LogP contribution >= 0.6 is 0 Å². The highest BCUT2D eigenvalue weighted by Gasteiger charge is 2.35. The van der Waals surface area contributed by atoms with Crippen molar-refractivity contribution < 1.29 is 4.79 Å². The number of hydrogen-bond donors (Lipinski definition) is 2. The van der Waals surface area contributed by atoms with Gasteiger partial charge in [-0.3, -0.25) is 4.79 Å². The zero-order valence-corrected chi connectivity index (χ0v) is 15.8. The van der Waals surface area contributed by atoms with Crippen molar-refractivity contribution in [3.05, 3.63) is 35.4 Å². The lowest BCUT2D eigenvalue weighted by molar-refractivity contribution is -0.121. The molecule has 0 saturated heterocycles. The predicted octanol–water partition coefficient (Wildman–Crippen LogP) is 3.88. The topological polar surface area (TPSA) is 64.9 Å². The molecule has 1 saturated carbocycles. The van der Waals surface area contributed by atoms with E-state index in [1.807, 2.05) is 0 Å². The highest BCUT2D eigenvalue weighted by atomic mass is 16.2. The monoisotopic (exact) mass is 341 g/mol. The van der Waals surface area contributed by atoms with E-state index in [0.29, 0.717) is 5.92 Å². The molecule has 0 heterocycles. The minimum Gasteiger partial charge on any atom is -0.337 e. The van der Waals surface area contributed by atoms with Gasteiger partial charge >= 0.3 is 0 Å². The van der Waals surface area contributed by atoms with Gasteiger partial charge in [-0.1, -0.05) is 51.5 Å². The number of carbonyl (C=O) groups is 1. The van der Waals surface area contributed by atoms with Crippen LogP contribution in [-0.2, 0) is 11.2 Å². The summed E-state index contributed by atoms with van der Waals surface area (Å²) in [5.74, 6) is 0.290. The molecule has 1 aromatic carbocycles. The molecule has 0 bridgehead atoms. The Kier molecular flexibility index (Phi) is 7.01. The molecule has 1 aromatic rings. The second-order valence-electron chi connectivity index (χ2n) is 7.54. The van der Waals surface area contributed by atoms with E-state index in [4.69, 9.17) is 0 Å². The molecule has 4 nitrogen and oxygen atoms in total. The van der Waals surface area contributed by atoms with Gasteiger partial charge in [0, 0.05) is 6.04 Å². The summed E-state index contributed by atoms with van der Waals surface area (Å²) in [6.07, 6.45) is 5.80. The zero-order chi connectivity index (χ0) is 18.3. The predicted molar refractivity (Wildman–Crippen MR) is 101 cm³/mol. The fourth-order valence-electron chi connectivity index (χ4n) is 3.68. The molecular weight excluding hydrogens is 310 g/mol. The summed E-state index contributed by atoms with van der Waals surface area (Å²) in [5, 5.41) is 15.7. The first kappa shape index (κ1) is 19.5. The van der Waals surface area contributed by atoms with E-state index < -0.39 is 5.54 Å². The molecule has 4 heteroatoms. The van der Waals surface area contributed by atoms with Crippen LogP contribution in [0.25, 0.3) is 0 Å². The summed E-state index contributed by atoms with van der Waals surface area (Å²) in [4.78, 5) is 12.3. The first-order chi connectivity index (χ1) is 12.0. The second-order valence-corrected chi connectivity index (χ2v) is 7.54. The van der Waals surface area contributed by atoms with Crippen LogP contribution in [0.1, 0.15) is 70.0 Å². The van der Waals surface area contributed by atoms with Crippen molar-refractivity contribution in [1.29, 1.82) is 5.26 Å². The summed E-state index contributed by atoms with van der Waals surface area (Å²) >= 11 is 0. The number of benzene rings is 1. The van der Waals surface area contributed by atoms with Crippen LogP contribution in [0, 0.1) is 17.2 Å². The number of amides is 1. The molecule has 0 radical (unpaired) electrons. The molecule has 0 unspecified atom stereocenters. The standard InChI is InChI=1S/C21H31N3O/c1-4-7-17-8-10-18(11-9-17)20(16(2)3)23-14-19(25)24-21(15-22)12-5-6-13-21/h8-11,16,20,23H,4-7,12-14H2,1-3H3,(H,24,25)/t20-/m1/s1. The van der Waals surface area contributed by atoms with Crippen LogP contribution in [0.2, 0.25) is 0 Å². The first-order valence-electron chi connectivity index (χ1n) is 9.54. The maximum atomic E-state index is 12.3. The highest BCUT2D eigenvalue weighted by molar-refractivity contribution is 5.79. The van der Waals surface area contributed by atoms with Crippen molar-refractivity contribution in [2.45, 2.75) is 70.9 Å². The lowest BCUT2D eigenvalue weighted by Gasteiger charge is -2.25. The van der Waals surface area contributed by atoms with E-state index in [9.17, 15) is 10.1 Å². The second kappa shape index (κ2) is 9.01. The number of carbonyl (C=O) groups excluding carboxylic acids is 1. The van der Waals surface area contributed by atoms with Gasteiger partial charge in [-0.2, -0.15) is 5.26 Å². The number of rotatable bonds is 8. The van der Waals surface area contributed by atoms with E-state index in [-0.39, 0.29) is 18.5 Å². The molecule has 1 fully saturated rings. The summed E-state index contributed by atoms with van der Waals surface area (Å²) in [6.45, 7) is 6.73. The normalized spacial score (nSPS) is 17.2. The molecule has 0 aliphatic heterocycles. The Morgan fingerprint density at radius 1 is 1.24 bits per heavy atom. The molecule has 2 N–H and O–H groups in total. The van der Waals surface area contributed by atoms with Gasteiger partial charge in [-0.05, 0) is 49.1 Å². The minimum absolute atomic E-state index is 0.0864. The number of nitrogens with one attached hydrogen (secondary N) is 2. The Balaban J connectivity index is 1.95. The van der Waals surface area contributed by atoms with E-state index in [1.165, 1.54) is 11.1 Å². The lowest BCUT2D eigenvalue weighted by atomic mass is 9.94. The van der Waals surface area contributed by atoms with Crippen molar-refractivity contribution >= 4 is 5.91 Å². The molecule has 0 spiro atoms. The van der Waals surface area contributed by atoms with E-state index in [1.54, 1.807) is 0 Å². The van der Waals surface area contributed by atoms with Crippen LogP contribution < -0.4 is 10.6 Å². The smallest absolute Gasteiger partial charge is 0.235 e. The van der Waals surface area contributed by atoms with Crippen molar-refractivity contribution in [3.8, 4) is 6.07 Å². The Hall–Kier alpha value is -1.86. The number of nitriles is 1. The first-order valence-corrected chi connectivity index (χ1v) is 9.54. The van der Waals surface area contributed by atoms with Gasteiger partial charge in [0.25, 0.3) is 0 Å². The lowest BCUT2D eigenvalue weighted by Crippen LogP contribution is -2.48. The van der Waals surface area contributed by atoms with Crippen molar-refractivity contribution in [2.75, 3.05) is 6.54 Å². The van der Waals surface area contributed by atoms with Crippen LogP contribution in [0.4, 0.5) is 0 Å². The van der Waals surface area contributed by atoms with E-state index in [0.717, 1.165) is 38.5 Å². The Morgan fingerprint density at radius 2 is 1.88 bits per heavy atom. The van der Waals surface area contributed by atoms with Gasteiger partial charge in [0.15, 0.2) is 0 Å². The van der Waals surface area contributed by atoms with Crippen molar-refractivity contribution in [2.24, 2.45) is 5.92 Å². The van der Waals surface area contributed by atoms with E-state index in [2.05, 4.69) is 61.7 Å². The van der Waals surface area contributed by atoms with Crippen LogP contribution in [-0.4, -0.2) is 18.0 Å². The average molecular weight is 341 g/mol. The Morgan fingerprint density at radius 3 is 2.40 bits per heavy atom. The third-order valence-electron chi connectivity index (χ3n) is 5.08. The number of nitrogens with zero attached hydrogens (tertiary/aromatic N) is 1. The number of hydrogen-bond acceptors (Lipinski definition) is 3. The van der Waals surface area contributed by atoms with Gasteiger partial charge in [0.1, 0.15) is 5.54 Å². The van der Waals surface area contributed by atoms with Gasteiger partial charge in [-0.15, -0.1) is 0 Å². The van der Waals surface area contributed by atoms with Crippen LogP contribution in [0.15, 0.2) is 24.3 Å². The molecule has 1 aliphatic rings. The highest BCUT2D eigenvalue weighted by Crippen LogP contribution is 2.29. The maximum absolute atomic E-state index is 12.3. The van der Waals surface area contributed by atoms with E-state index >= 15 is 0 Å². The summed E-state index contributed by atoms with van der Waals surface area (Å²) in [7, 11) is 0. The van der Waals surface area contributed by atoms with Gasteiger partial charge in [0.05, 0.1) is 12.6 Å². The molecule has 25 heavy (non-hydrogen) atoms. The summed E-state index contributed by atoms with van der Waals surface area (Å²) in [5.41, 5.74) is 1.91. The van der Waals surface area contributed by atoms with Gasteiger partial charge in [-0.25, -0.2) is 0 Å². The molecule has 1 aliphatic carbocycles. The van der Waals surface area contributed by atoms with Crippen molar-refractivity contribution in [1.82, 2.24) is 10.6 Å². The molecule has 1 atom stereocenters. The summed E-state index contributed by atoms with van der Waals surface area (Å²) < 4.78 is 0. The molecular formula is C21H31N3O. The Bertz CT molecular complexity index is 595. The van der Waals surface area contributed by atoms with Crippen LogP contribution in [0.3, 0.4) is 0 Å². The summed E-state index contributed by atoms with van der Waals surface area (Å²) in [6, 6.07) is 11.1. The molecule has 136 valence electrons. The zero-order valence-electron chi connectivity index (χ0n) is 15.8. The molecule has 2 rings (SSSR count). The third kappa shape index (κ3) is 5.31. The Labute approximate surface area is 152 Å². The van der Waals surface area contributed by atoms with Gasteiger partial charge < -0.3 is 10.6 Å². The van der Waals surface area contributed by atoms with Crippen LogP contribution in [0.5, 0.6) is 0 Å². The minimum atomic E-state index is -0.645. The average Bonchev–Trinajstić information content (AvgIpc) is 3.05. The third-order valence-corrected chi connectivity index (χ3v) is 5.08. The SMILES string of the molecule is CCCc1ccc([C@H](NCC(=O)NC2(C#N)CCCC2)C(C)C)cc1. The molecule has 1 amide bonds. The number of aryl methyl sites for hydroxylation is 1. The van der Waals surface area contributed by atoms with Crippen molar-refractivity contribution in [3.63, 3.8) is 0 Å². The van der Waals surface area contributed by atoms with Gasteiger partial charge in [0.2, 0.25) is 5.91 Å². The maximum Gasteiger partial charge on any atom is 0.235 e.